The highest BCUT2D eigenvalue weighted by atomic mass is 16.5. The highest BCUT2D eigenvalue weighted by molar-refractivity contribution is 5.39. The van der Waals surface area contributed by atoms with Gasteiger partial charge in [-0.05, 0) is 12.1 Å². The second kappa shape index (κ2) is 2.23. The average molecular weight is 148 g/mol. The van der Waals surface area contributed by atoms with Crippen molar-refractivity contribution in [2.24, 2.45) is 0 Å². The summed E-state index contributed by atoms with van der Waals surface area (Å²) in [5.41, 5.74) is 0.769. The van der Waals surface area contributed by atoms with Gasteiger partial charge in [0, 0.05) is 0 Å². The molecule has 2 heterocycles. The van der Waals surface area contributed by atoms with Crippen LogP contribution in [0.2, 0.25) is 0 Å². The van der Waals surface area contributed by atoms with E-state index in [0.29, 0.717) is 0 Å². The summed E-state index contributed by atoms with van der Waals surface area (Å²) in [4.78, 5) is 0. The van der Waals surface area contributed by atoms with E-state index in [4.69, 9.17) is 4.74 Å². The summed E-state index contributed by atoms with van der Waals surface area (Å²) < 4.78 is 6.67. The Morgan fingerprint density at radius 3 is 3.27 bits per heavy atom. The lowest BCUT2D eigenvalue weighted by atomic mass is 10.4. The van der Waals surface area contributed by atoms with Crippen molar-refractivity contribution in [1.82, 2.24) is 14.6 Å². The van der Waals surface area contributed by atoms with Crippen LogP contribution in [-0.4, -0.2) is 21.7 Å². The van der Waals surface area contributed by atoms with Crippen LogP contribution in [0.5, 0.6) is 5.75 Å². The van der Waals surface area contributed by atoms with Gasteiger partial charge in [0.1, 0.15) is 5.75 Å². The molecule has 0 bridgehead atoms. The Labute approximate surface area is 63.4 Å². The number of hydrogen-bond acceptors (Lipinski definition) is 3. The minimum atomic E-state index is 0.769. The molecule has 0 aliphatic rings. The summed E-state index contributed by atoms with van der Waals surface area (Å²) in [6.45, 7) is 0. The van der Waals surface area contributed by atoms with Crippen LogP contribution in [-0.2, 0) is 0 Å². The van der Waals surface area contributed by atoms with Crippen molar-refractivity contribution < 1.29 is 4.74 Å². The zero-order chi connectivity index (χ0) is 7.68. The fourth-order valence-corrected chi connectivity index (χ4v) is 0.878. The zero-order valence-electron chi connectivity index (χ0n) is 5.98. The molecule has 0 aliphatic heterocycles. The summed E-state index contributed by atoms with van der Waals surface area (Å²) in [5.74, 6) is 0.772. The number of aromatic nitrogens is 3. The maximum atomic E-state index is 5.00. The van der Waals surface area contributed by atoms with Crippen LogP contribution in [0.15, 0.2) is 18.3 Å². The molecule has 2 rings (SSSR count). The first-order valence-corrected chi connectivity index (χ1v) is 3.16. The summed E-state index contributed by atoms with van der Waals surface area (Å²) in [6, 6.07) is 3.65. The van der Waals surface area contributed by atoms with Crippen LogP contribution in [0.3, 0.4) is 0 Å². The maximum absolute atomic E-state index is 5.00. The predicted octanol–water partition coefficient (Wildman–Crippen LogP) is 0.538. The second-order valence-electron chi connectivity index (χ2n) is 2.10. The van der Waals surface area contributed by atoms with Crippen LogP contribution < -0.4 is 4.74 Å². The second-order valence-corrected chi connectivity index (χ2v) is 2.10. The van der Waals surface area contributed by atoms with Crippen molar-refractivity contribution >= 4 is 5.65 Å². The van der Waals surface area contributed by atoms with Crippen LogP contribution in [0, 0.1) is 6.33 Å². The van der Waals surface area contributed by atoms with E-state index in [1.54, 1.807) is 17.7 Å². The molecule has 0 aromatic carbocycles. The average Bonchev–Trinajstić information content (AvgIpc) is 2.50. The van der Waals surface area contributed by atoms with E-state index in [2.05, 4.69) is 16.5 Å². The van der Waals surface area contributed by atoms with Gasteiger partial charge in [-0.3, -0.25) is 4.40 Å². The first-order valence-electron chi connectivity index (χ1n) is 3.16. The molecule has 55 valence electrons. The summed E-state index contributed by atoms with van der Waals surface area (Å²) in [7, 11) is 1.62. The normalized spacial score (nSPS) is 10.3. The molecule has 0 atom stereocenters. The molecule has 0 fully saturated rings. The number of rotatable bonds is 1. The number of fused-ring (bicyclic) bond motifs is 1. The molecule has 0 saturated heterocycles. The van der Waals surface area contributed by atoms with Crippen LogP contribution in [0.25, 0.3) is 5.65 Å². The van der Waals surface area contributed by atoms with Gasteiger partial charge in [0.25, 0.3) is 0 Å². The highest BCUT2D eigenvalue weighted by Gasteiger charge is 1.95. The Hall–Kier alpha value is -1.58. The van der Waals surface area contributed by atoms with Crippen LogP contribution >= 0.6 is 0 Å². The van der Waals surface area contributed by atoms with Gasteiger partial charge in [0.2, 0.25) is 6.33 Å². The number of nitrogens with zero attached hydrogens (tertiary/aromatic N) is 3. The lowest BCUT2D eigenvalue weighted by Gasteiger charge is -1.97. The largest absolute Gasteiger partial charge is 0.495 e. The van der Waals surface area contributed by atoms with Gasteiger partial charge in [-0.1, -0.05) is 0 Å². The fourth-order valence-electron chi connectivity index (χ4n) is 0.878. The van der Waals surface area contributed by atoms with E-state index < -0.39 is 0 Å². The van der Waals surface area contributed by atoms with E-state index >= 15 is 0 Å². The maximum Gasteiger partial charge on any atom is 0.206 e. The third-order valence-corrected chi connectivity index (χ3v) is 1.44. The van der Waals surface area contributed by atoms with Crippen molar-refractivity contribution in [2.75, 3.05) is 7.11 Å². The summed E-state index contributed by atoms with van der Waals surface area (Å²) in [6.07, 6.45) is 4.44. The number of hydrogen-bond donors (Lipinski definition) is 0. The molecule has 2 aromatic rings. The summed E-state index contributed by atoms with van der Waals surface area (Å²) >= 11 is 0. The Balaban J connectivity index is 2.67. The van der Waals surface area contributed by atoms with Crippen molar-refractivity contribution in [3.8, 4) is 5.75 Å². The topological polar surface area (TPSA) is 39.4 Å². The molecule has 1 radical (unpaired) electrons. The first-order chi connectivity index (χ1) is 5.40. The van der Waals surface area contributed by atoms with Gasteiger partial charge in [-0.15, -0.1) is 10.2 Å². The quantitative estimate of drug-likeness (QED) is 0.592. The van der Waals surface area contributed by atoms with Gasteiger partial charge >= 0.3 is 0 Å². The Kier molecular flexibility index (Phi) is 1.25. The van der Waals surface area contributed by atoms with Gasteiger partial charge in [0.05, 0.1) is 13.3 Å². The molecule has 0 N–H and O–H groups in total. The van der Waals surface area contributed by atoms with Crippen LogP contribution in [0.4, 0.5) is 0 Å². The lowest BCUT2D eigenvalue weighted by molar-refractivity contribution is 0.412. The predicted molar refractivity (Wildman–Crippen MR) is 38.4 cm³/mol. The minimum absolute atomic E-state index is 0.769. The smallest absolute Gasteiger partial charge is 0.206 e. The van der Waals surface area contributed by atoms with Crippen LogP contribution in [0.1, 0.15) is 0 Å². The van der Waals surface area contributed by atoms with Gasteiger partial charge in [-0.2, -0.15) is 0 Å². The molecular formula is C7H6N3O. The van der Waals surface area contributed by atoms with Crippen molar-refractivity contribution in [3.63, 3.8) is 0 Å². The van der Waals surface area contributed by atoms with E-state index in [9.17, 15) is 0 Å². The Morgan fingerprint density at radius 1 is 1.55 bits per heavy atom. The van der Waals surface area contributed by atoms with Gasteiger partial charge in [-0.25, -0.2) is 0 Å². The molecule has 4 nitrogen and oxygen atoms in total. The highest BCUT2D eigenvalue weighted by Crippen LogP contribution is 2.09. The Morgan fingerprint density at radius 2 is 2.45 bits per heavy atom. The molecule has 0 aliphatic carbocycles. The first kappa shape index (κ1) is 6.15. The molecular weight excluding hydrogens is 142 g/mol. The molecule has 2 aromatic heterocycles. The summed E-state index contributed by atoms with van der Waals surface area (Å²) in [5, 5.41) is 7.41. The number of methoxy groups -OCH3 is 1. The van der Waals surface area contributed by atoms with E-state index in [1.807, 2.05) is 12.1 Å². The Bertz CT molecular complexity index is 368. The molecule has 0 unspecified atom stereocenters. The number of pyridine rings is 1. The van der Waals surface area contributed by atoms with E-state index in [-0.39, 0.29) is 0 Å². The molecule has 0 saturated carbocycles. The van der Waals surface area contributed by atoms with Gasteiger partial charge in [0.15, 0.2) is 5.65 Å². The fraction of sp³-hybridized carbons (Fsp3) is 0.143. The third-order valence-electron chi connectivity index (χ3n) is 1.44. The molecule has 0 amide bonds. The van der Waals surface area contributed by atoms with Crippen molar-refractivity contribution in [2.45, 2.75) is 0 Å². The number of ether oxygens (including phenoxy) is 1. The third kappa shape index (κ3) is 0.920. The monoisotopic (exact) mass is 148 g/mol. The van der Waals surface area contributed by atoms with Crippen molar-refractivity contribution in [3.05, 3.63) is 24.7 Å². The van der Waals surface area contributed by atoms with Crippen molar-refractivity contribution in [1.29, 1.82) is 0 Å². The van der Waals surface area contributed by atoms with E-state index in [0.717, 1.165) is 11.4 Å². The molecule has 4 heteroatoms. The molecule has 0 spiro atoms. The SMILES string of the molecule is COc1ccc2nn[c]n2c1. The zero-order valence-corrected chi connectivity index (χ0v) is 5.98. The van der Waals surface area contributed by atoms with Gasteiger partial charge < -0.3 is 4.74 Å². The molecule has 11 heavy (non-hydrogen) atoms. The van der Waals surface area contributed by atoms with E-state index in [1.165, 1.54) is 0 Å². The minimum Gasteiger partial charge on any atom is -0.495 e. The lowest BCUT2D eigenvalue weighted by Crippen LogP contribution is -1.87. The standard InChI is InChI=1S/C7H6N3O/c1-11-6-2-3-7-9-8-5-10(7)4-6/h2-4H,1H3.